The highest BCUT2D eigenvalue weighted by Crippen LogP contribution is 2.33. The maximum absolute atomic E-state index is 11.5. The zero-order valence-corrected chi connectivity index (χ0v) is 12.7. The lowest BCUT2D eigenvalue weighted by atomic mass is 10.2. The number of aryl methyl sites for hydroxylation is 1. The van der Waals surface area contributed by atoms with Crippen LogP contribution in [-0.2, 0) is 4.74 Å². The smallest absolute Gasteiger partial charge is 0.337 e. The molecule has 0 aromatic heterocycles. The maximum Gasteiger partial charge on any atom is 0.337 e. The summed E-state index contributed by atoms with van der Waals surface area (Å²) in [6, 6.07) is 10.5. The number of anilines is 1. The molecule has 0 spiro atoms. The van der Waals surface area contributed by atoms with Crippen LogP contribution in [0.4, 0.5) is 5.69 Å². The molecule has 2 aromatic carbocycles. The predicted octanol–water partition coefficient (Wildman–Crippen LogP) is 3.92. The average Bonchev–Trinajstić information content (AvgIpc) is 2.43. The first kappa shape index (κ1) is 14.4. The highest BCUT2D eigenvalue weighted by Gasteiger charge is 2.11. The highest BCUT2D eigenvalue weighted by atomic mass is 79.9. The molecule has 0 amide bonds. The lowest BCUT2D eigenvalue weighted by molar-refractivity contribution is 0.0600. The Labute approximate surface area is 125 Å². The Morgan fingerprint density at radius 2 is 1.90 bits per heavy atom. The molecule has 2 rings (SSSR count). The van der Waals surface area contributed by atoms with Gasteiger partial charge in [0.1, 0.15) is 5.75 Å². The fraction of sp³-hybridized carbons (Fsp3) is 0.133. The van der Waals surface area contributed by atoms with Crippen LogP contribution in [0.15, 0.2) is 40.9 Å². The average molecular weight is 336 g/mol. The van der Waals surface area contributed by atoms with E-state index in [-0.39, 0.29) is 0 Å². The summed E-state index contributed by atoms with van der Waals surface area (Å²) in [6.07, 6.45) is 0. The number of nitrogens with two attached hydrogens (primary N) is 1. The number of nitrogen functional groups attached to an aromatic ring is 1. The first-order valence-corrected chi connectivity index (χ1v) is 6.72. The molecule has 0 heterocycles. The number of carbonyl (C=O) groups excluding carboxylic acids is 1. The van der Waals surface area contributed by atoms with Gasteiger partial charge in [0.2, 0.25) is 0 Å². The molecule has 0 aliphatic heterocycles. The van der Waals surface area contributed by atoms with Gasteiger partial charge in [0.15, 0.2) is 5.75 Å². The fourth-order valence-electron chi connectivity index (χ4n) is 1.67. The van der Waals surface area contributed by atoms with Crippen LogP contribution in [0.2, 0.25) is 0 Å². The van der Waals surface area contributed by atoms with Gasteiger partial charge in [-0.1, -0.05) is 6.07 Å². The molecule has 0 fully saturated rings. The minimum Gasteiger partial charge on any atom is -0.465 e. The van der Waals surface area contributed by atoms with E-state index < -0.39 is 5.97 Å². The normalized spacial score (nSPS) is 10.2. The number of benzene rings is 2. The molecule has 20 heavy (non-hydrogen) atoms. The lowest BCUT2D eigenvalue weighted by Crippen LogP contribution is -2.02. The summed E-state index contributed by atoms with van der Waals surface area (Å²) in [6.45, 7) is 1.99. The Bertz CT molecular complexity index is 656. The van der Waals surface area contributed by atoms with Crippen molar-refractivity contribution in [2.75, 3.05) is 12.8 Å². The number of ether oxygens (including phenoxy) is 2. The molecule has 0 radical (unpaired) electrons. The van der Waals surface area contributed by atoms with E-state index in [1.54, 1.807) is 18.2 Å². The summed E-state index contributed by atoms with van der Waals surface area (Å²) in [5.41, 5.74) is 7.82. The predicted molar refractivity (Wildman–Crippen MR) is 81.1 cm³/mol. The second kappa shape index (κ2) is 5.96. The Morgan fingerprint density at radius 3 is 2.55 bits per heavy atom. The third-order valence-corrected chi connectivity index (χ3v) is 3.36. The van der Waals surface area contributed by atoms with Gasteiger partial charge in [0.25, 0.3) is 0 Å². The van der Waals surface area contributed by atoms with Crippen LogP contribution in [0, 0.1) is 6.92 Å². The first-order valence-electron chi connectivity index (χ1n) is 5.93. The van der Waals surface area contributed by atoms with Crippen molar-refractivity contribution in [1.29, 1.82) is 0 Å². The molecule has 0 saturated carbocycles. The van der Waals surface area contributed by atoms with Gasteiger partial charge >= 0.3 is 5.97 Å². The minimum absolute atomic E-state index is 0.389. The molecular formula is C15H14BrNO3. The number of carbonyl (C=O) groups is 1. The number of esters is 1. The lowest BCUT2D eigenvalue weighted by Gasteiger charge is -2.11. The van der Waals surface area contributed by atoms with Gasteiger partial charge in [-0.3, -0.25) is 0 Å². The number of halogens is 1. The third kappa shape index (κ3) is 3.11. The third-order valence-electron chi connectivity index (χ3n) is 2.74. The van der Waals surface area contributed by atoms with Gasteiger partial charge in [-0.05, 0) is 58.7 Å². The molecule has 5 heteroatoms. The zero-order valence-electron chi connectivity index (χ0n) is 11.1. The Balaban J connectivity index is 2.35. The summed E-state index contributed by atoms with van der Waals surface area (Å²) >= 11 is 3.43. The molecular weight excluding hydrogens is 322 g/mol. The molecule has 2 aromatic rings. The van der Waals surface area contributed by atoms with E-state index in [4.69, 9.17) is 10.5 Å². The van der Waals surface area contributed by atoms with Crippen LogP contribution in [0.3, 0.4) is 0 Å². The summed E-state index contributed by atoms with van der Waals surface area (Å²) in [5, 5.41) is 0. The van der Waals surface area contributed by atoms with E-state index in [2.05, 4.69) is 20.7 Å². The van der Waals surface area contributed by atoms with Crippen molar-refractivity contribution in [3.05, 3.63) is 52.0 Å². The first-order chi connectivity index (χ1) is 9.51. The number of rotatable bonds is 3. The fourth-order valence-corrected chi connectivity index (χ4v) is 2.25. The van der Waals surface area contributed by atoms with Crippen molar-refractivity contribution < 1.29 is 14.3 Å². The number of methoxy groups -OCH3 is 1. The van der Waals surface area contributed by atoms with Crippen molar-refractivity contribution >= 4 is 27.6 Å². The molecule has 0 saturated heterocycles. The van der Waals surface area contributed by atoms with Gasteiger partial charge in [0, 0.05) is 0 Å². The number of hydrogen-bond donors (Lipinski definition) is 1. The van der Waals surface area contributed by atoms with Crippen molar-refractivity contribution in [3.8, 4) is 11.5 Å². The second-order valence-electron chi connectivity index (χ2n) is 4.28. The second-order valence-corrected chi connectivity index (χ2v) is 5.13. The summed E-state index contributed by atoms with van der Waals surface area (Å²) < 4.78 is 11.2. The van der Waals surface area contributed by atoms with Crippen LogP contribution in [0.1, 0.15) is 15.9 Å². The molecule has 4 nitrogen and oxygen atoms in total. The largest absolute Gasteiger partial charge is 0.465 e. The van der Waals surface area contributed by atoms with Crippen molar-refractivity contribution in [2.45, 2.75) is 6.92 Å². The molecule has 2 N–H and O–H groups in total. The summed E-state index contributed by atoms with van der Waals surface area (Å²) in [7, 11) is 1.33. The molecule has 0 aliphatic carbocycles. The van der Waals surface area contributed by atoms with Gasteiger partial charge in [0.05, 0.1) is 22.8 Å². The SMILES string of the molecule is COC(=O)c1ccc(N)c(Oc2ccc(C)cc2Br)c1. The van der Waals surface area contributed by atoms with Gasteiger partial charge in [-0.15, -0.1) is 0 Å². The molecule has 0 aliphatic rings. The van der Waals surface area contributed by atoms with Crippen LogP contribution in [0.5, 0.6) is 11.5 Å². The van der Waals surface area contributed by atoms with E-state index in [1.165, 1.54) is 7.11 Å². The molecule has 0 bridgehead atoms. The summed E-state index contributed by atoms with van der Waals surface area (Å²) in [5.74, 6) is 0.611. The molecule has 0 unspecified atom stereocenters. The Hall–Kier alpha value is -2.01. The van der Waals surface area contributed by atoms with Gasteiger partial charge in [-0.2, -0.15) is 0 Å². The standard InChI is InChI=1S/C15H14BrNO3/c1-9-3-6-13(11(16)7-9)20-14-8-10(15(18)19-2)4-5-12(14)17/h3-8H,17H2,1-2H3. The van der Waals surface area contributed by atoms with Crippen molar-refractivity contribution in [2.24, 2.45) is 0 Å². The van der Waals surface area contributed by atoms with Crippen LogP contribution in [-0.4, -0.2) is 13.1 Å². The van der Waals surface area contributed by atoms with Crippen molar-refractivity contribution in [3.63, 3.8) is 0 Å². The molecule has 104 valence electrons. The minimum atomic E-state index is -0.433. The Kier molecular flexibility index (Phi) is 4.29. The van der Waals surface area contributed by atoms with E-state index in [0.29, 0.717) is 22.7 Å². The van der Waals surface area contributed by atoms with Crippen molar-refractivity contribution in [1.82, 2.24) is 0 Å². The van der Waals surface area contributed by atoms with Gasteiger partial charge < -0.3 is 15.2 Å². The van der Waals surface area contributed by atoms with Crippen LogP contribution >= 0.6 is 15.9 Å². The quantitative estimate of drug-likeness (QED) is 0.682. The maximum atomic E-state index is 11.5. The molecule has 0 atom stereocenters. The highest BCUT2D eigenvalue weighted by molar-refractivity contribution is 9.10. The van der Waals surface area contributed by atoms with E-state index in [0.717, 1.165) is 10.0 Å². The zero-order chi connectivity index (χ0) is 14.7. The van der Waals surface area contributed by atoms with Gasteiger partial charge in [-0.25, -0.2) is 4.79 Å². The van der Waals surface area contributed by atoms with E-state index in [9.17, 15) is 4.79 Å². The van der Waals surface area contributed by atoms with E-state index in [1.807, 2.05) is 25.1 Å². The topological polar surface area (TPSA) is 61.5 Å². The van der Waals surface area contributed by atoms with E-state index >= 15 is 0 Å². The summed E-state index contributed by atoms with van der Waals surface area (Å²) in [4.78, 5) is 11.5. The monoisotopic (exact) mass is 335 g/mol. The van der Waals surface area contributed by atoms with Crippen LogP contribution in [0.25, 0.3) is 0 Å². The Morgan fingerprint density at radius 1 is 1.15 bits per heavy atom. The number of hydrogen-bond acceptors (Lipinski definition) is 4. The van der Waals surface area contributed by atoms with Crippen LogP contribution < -0.4 is 10.5 Å².